The van der Waals surface area contributed by atoms with Crippen molar-refractivity contribution in [1.29, 1.82) is 0 Å². The fourth-order valence-corrected chi connectivity index (χ4v) is 1.30. The van der Waals surface area contributed by atoms with Crippen molar-refractivity contribution in [2.45, 2.75) is 39.7 Å². The maximum atomic E-state index is 11.5. The van der Waals surface area contributed by atoms with Crippen LogP contribution in [0, 0.1) is 5.92 Å². The number of amides is 2. The first-order chi connectivity index (χ1) is 8.99. The molecular formula is C13H27N3O3. The number of carbonyl (C=O) groups excluding carboxylic acids is 2. The van der Waals surface area contributed by atoms with Crippen molar-refractivity contribution in [3.8, 4) is 0 Å². The standard InChI is InChI=1S/C13H27N3O3/c1-4-7-19-8-5-6-15-11(17)9-16-13(18)12(14)10(2)3/h10,12H,4-9,14H2,1-3H3,(H,15,17)(H,16,18)/t12-/m0/s1. The van der Waals surface area contributed by atoms with Crippen molar-refractivity contribution in [3.63, 3.8) is 0 Å². The molecule has 19 heavy (non-hydrogen) atoms. The van der Waals surface area contributed by atoms with Gasteiger partial charge in [0.05, 0.1) is 12.6 Å². The zero-order chi connectivity index (χ0) is 14.7. The molecule has 112 valence electrons. The molecular weight excluding hydrogens is 246 g/mol. The van der Waals surface area contributed by atoms with Gasteiger partial charge in [-0.15, -0.1) is 0 Å². The fourth-order valence-electron chi connectivity index (χ4n) is 1.30. The summed E-state index contributed by atoms with van der Waals surface area (Å²) in [6.07, 6.45) is 1.76. The lowest BCUT2D eigenvalue weighted by atomic mass is 10.1. The van der Waals surface area contributed by atoms with Gasteiger partial charge in [-0.1, -0.05) is 20.8 Å². The molecule has 0 saturated carbocycles. The monoisotopic (exact) mass is 273 g/mol. The summed E-state index contributed by atoms with van der Waals surface area (Å²) in [7, 11) is 0. The molecule has 6 heteroatoms. The van der Waals surface area contributed by atoms with Crippen LogP contribution < -0.4 is 16.4 Å². The third-order valence-electron chi connectivity index (χ3n) is 2.58. The molecule has 0 aromatic carbocycles. The number of ether oxygens (including phenoxy) is 1. The summed E-state index contributed by atoms with van der Waals surface area (Å²) in [6.45, 7) is 7.67. The minimum absolute atomic E-state index is 0.0327. The van der Waals surface area contributed by atoms with Gasteiger partial charge in [0.2, 0.25) is 11.8 Å². The predicted octanol–water partition coefficient (Wildman–Crippen LogP) is 0.0188. The number of hydrogen-bond acceptors (Lipinski definition) is 4. The first-order valence-electron chi connectivity index (χ1n) is 6.86. The molecule has 0 heterocycles. The summed E-state index contributed by atoms with van der Waals surface area (Å²) in [5, 5.41) is 5.23. The Labute approximate surface area is 115 Å². The summed E-state index contributed by atoms with van der Waals surface area (Å²) in [5.41, 5.74) is 5.65. The van der Waals surface area contributed by atoms with Crippen LogP contribution >= 0.6 is 0 Å². The van der Waals surface area contributed by atoms with Crippen LogP contribution in [-0.4, -0.2) is 44.2 Å². The number of nitrogens with two attached hydrogens (primary N) is 1. The van der Waals surface area contributed by atoms with Crippen molar-refractivity contribution < 1.29 is 14.3 Å². The van der Waals surface area contributed by atoms with E-state index in [0.717, 1.165) is 19.4 Å². The van der Waals surface area contributed by atoms with Gasteiger partial charge in [-0.2, -0.15) is 0 Å². The summed E-state index contributed by atoms with van der Waals surface area (Å²) < 4.78 is 5.28. The van der Waals surface area contributed by atoms with Gasteiger partial charge in [-0.05, 0) is 18.8 Å². The second-order valence-electron chi connectivity index (χ2n) is 4.80. The Bertz CT molecular complexity index is 270. The normalized spacial score (nSPS) is 12.3. The Morgan fingerprint density at radius 1 is 1.21 bits per heavy atom. The summed E-state index contributed by atoms with van der Waals surface area (Å²) >= 11 is 0. The van der Waals surface area contributed by atoms with Gasteiger partial charge in [0.15, 0.2) is 0 Å². The summed E-state index contributed by atoms with van der Waals surface area (Å²) in [6, 6.07) is -0.574. The molecule has 0 aliphatic heterocycles. The fraction of sp³-hybridized carbons (Fsp3) is 0.846. The average molecular weight is 273 g/mol. The second kappa shape index (κ2) is 10.8. The van der Waals surface area contributed by atoms with Crippen LogP contribution in [0.2, 0.25) is 0 Å². The van der Waals surface area contributed by atoms with E-state index >= 15 is 0 Å². The average Bonchev–Trinajstić information content (AvgIpc) is 2.38. The molecule has 0 saturated heterocycles. The van der Waals surface area contributed by atoms with E-state index in [1.165, 1.54) is 0 Å². The van der Waals surface area contributed by atoms with Crippen molar-refractivity contribution in [2.75, 3.05) is 26.3 Å². The topological polar surface area (TPSA) is 93.5 Å². The Kier molecular flexibility index (Phi) is 10.1. The number of hydrogen-bond donors (Lipinski definition) is 3. The second-order valence-corrected chi connectivity index (χ2v) is 4.80. The van der Waals surface area contributed by atoms with Crippen LogP contribution in [0.1, 0.15) is 33.6 Å². The molecule has 1 atom stereocenters. The minimum Gasteiger partial charge on any atom is -0.381 e. The van der Waals surface area contributed by atoms with Gasteiger partial charge in [0.25, 0.3) is 0 Å². The Morgan fingerprint density at radius 2 is 1.89 bits per heavy atom. The molecule has 0 radical (unpaired) electrons. The van der Waals surface area contributed by atoms with Crippen LogP contribution in [0.5, 0.6) is 0 Å². The predicted molar refractivity (Wildman–Crippen MR) is 74.6 cm³/mol. The maximum Gasteiger partial charge on any atom is 0.239 e. The van der Waals surface area contributed by atoms with Gasteiger partial charge in [0.1, 0.15) is 0 Å². The molecule has 6 nitrogen and oxygen atoms in total. The number of carbonyl (C=O) groups is 2. The van der Waals surface area contributed by atoms with Crippen LogP contribution in [0.3, 0.4) is 0 Å². The largest absolute Gasteiger partial charge is 0.381 e. The first kappa shape index (κ1) is 17.9. The Balaban J connectivity index is 3.57. The molecule has 0 spiro atoms. The highest BCUT2D eigenvalue weighted by Crippen LogP contribution is 1.97. The van der Waals surface area contributed by atoms with E-state index in [9.17, 15) is 9.59 Å². The third kappa shape index (κ3) is 9.44. The van der Waals surface area contributed by atoms with Crippen molar-refractivity contribution in [2.24, 2.45) is 11.7 Å². The zero-order valence-electron chi connectivity index (χ0n) is 12.2. The highest BCUT2D eigenvalue weighted by atomic mass is 16.5. The zero-order valence-corrected chi connectivity index (χ0v) is 12.2. The van der Waals surface area contributed by atoms with Crippen molar-refractivity contribution in [3.05, 3.63) is 0 Å². The van der Waals surface area contributed by atoms with Gasteiger partial charge >= 0.3 is 0 Å². The Morgan fingerprint density at radius 3 is 2.47 bits per heavy atom. The molecule has 4 N–H and O–H groups in total. The SMILES string of the molecule is CCCOCCCNC(=O)CNC(=O)[C@@H](N)C(C)C. The highest BCUT2D eigenvalue weighted by molar-refractivity contribution is 5.87. The smallest absolute Gasteiger partial charge is 0.239 e. The summed E-state index contributed by atoms with van der Waals surface area (Å²) in [4.78, 5) is 22.9. The van der Waals surface area contributed by atoms with E-state index in [0.29, 0.717) is 13.2 Å². The molecule has 0 fully saturated rings. The highest BCUT2D eigenvalue weighted by Gasteiger charge is 2.17. The van der Waals surface area contributed by atoms with Crippen LogP contribution in [0.15, 0.2) is 0 Å². The van der Waals surface area contributed by atoms with Gasteiger partial charge < -0.3 is 21.1 Å². The van der Waals surface area contributed by atoms with Gasteiger partial charge in [-0.25, -0.2) is 0 Å². The molecule has 0 aromatic rings. The van der Waals surface area contributed by atoms with E-state index < -0.39 is 6.04 Å². The lowest BCUT2D eigenvalue weighted by Crippen LogP contribution is -2.47. The molecule has 0 aliphatic carbocycles. The summed E-state index contributed by atoms with van der Waals surface area (Å²) in [5.74, 6) is -0.449. The number of rotatable bonds is 10. The first-order valence-corrected chi connectivity index (χ1v) is 6.86. The molecule has 0 aliphatic rings. The molecule has 2 amide bonds. The van der Waals surface area contributed by atoms with Crippen molar-refractivity contribution in [1.82, 2.24) is 10.6 Å². The lowest BCUT2D eigenvalue weighted by Gasteiger charge is -2.15. The molecule has 0 aromatic heterocycles. The molecule has 0 unspecified atom stereocenters. The minimum atomic E-state index is -0.574. The number of nitrogens with one attached hydrogen (secondary N) is 2. The van der Waals surface area contributed by atoms with Crippen LogP contribution in [0.25, 0.3) is 0 Å². The van der Waals surface area contributed by atoms with Crippen molar-refractivity contribution >= 4 is 11.8 Å². The van der Waals surface area contributed by atoms with E-state index in [1.807, 2.05) is 20.8 Å². The van der Waals surface area contributed by atoms with E-state index in [1.54, 1.807) is 0 Å². The Hall–Kier alpha value is -1.14. The van der Waals surface area contributed by atoms with Gasteiger partial charge in [-0.3, -0.25) is 9.59 Å². The van der Waals surface area contributed by atoms with Crippen LogP contribution in [0.4, 0.5) is 0 Å². The third-order valence-corrected chi connectivity index (χ3v) is 2.58. The van der Waals surface area contributed by atoms with Crippen LogP contribution in [-0.2, 0) is 14.3 Å². The molecule has 0 rings (SSSR count). The quantitative estimate of drug-likeness (QED) is 0.489. The van der Waals surface area contributed by atoms with E-state index in [2.05, 4.69) is 10.6 Å². The lowest BCUT2D eigenvalue weighted by molar-refractivity contribution is -0.127. The molecule has 0 bridgehead atoms. The van der Waals surface area contributed by atoms with E-state index in [4.69, 9.17) is 10.5 Å². The van der Waals surface area contributed by atoms with Gasteiger partial charge in [0, 0.05) is 19.8 Å². The maximum absolute atomic E-state index is 11.5. The van der Waals surface area contributed by atoms with E-state index in [-0.39, 0.29) is 24.3 Å².